The number of nitrogens with one attached hydrogen (secondary N) is 1. The largest absolute Gasteiger partial charge is 0.497 e. The molecule has 27 heavy (non-hydrogen) atoms. The van der Waals surface area contributed by atoms with Gasteiger partial charge in [-0.25, -0.2) is 9.97 Å². The highest BCUT2D eigenvalue weighted by Crippen LogP contribution is 2.40. The fourth-order valence-corrected chi connectivity index (χ4v) is 3.81. The predicted octanol–water partition coefficient (Wildman–Crippen LogP) is 3.71. The van der Waals surface area contributed by atoms with Crippen LogP contribution in [0.5, 0.6) is 11.5 Å². The molecule has 1 aliphatic rings. The molecular formula is C20H24N4O2S. The summed E-state index contributed by atoms with van der Waals surface area (Å²) in [7, 11) is 3.71. The molecule has 1 aliphatic carbocycles. The van der Waals surface area contributed by atoms with Crippen molar-refractivity contribution in [3.63, 3.8) is 0 Å². The first kappa shape index (κ1) is 18.0. The molecule has 0 spiro atoms. The Morgan fingerprint density at radius 3 is 2.70 bits per heavy atom. The molecule has 4 rings (SSSR count). The van der Waals surface area contributed by atoms with Gasteiger partial charge >= 0.3 is 0 Å². The summed E-state index contributed by atoms with van der Waals surface area (Å²) >= 11 is 1.63. The van der Waals surface area contributed by atoms with E-state index in [9.17, 15) is 0 Å². The van der Waals surface area contributed by atoms with E-state index in [4.69, 9.17) is 14.5 Å². The Balaban J connectivity index is 1.31. The Kier molecular flexibility index (Phi) is 5.40. The van der Waals surface area contributed by atoms with Gasteiger partial charge in [0.1, 0.15) is 28.9 Å². The predicted molar refractivity (Wildman–Crippen MR) is 105 cm³/mol. The zero-order valence-corrected chi connectivity index (χ0v) is 16.4. The van der Waals surface area contributed by atoms with Gasteiger partial charge in [-0.3, -0.25) is 0 Å². The van der Waals surface area contributed by atoms with Crippen LogP contribution in [0.25, 0.3) is 0 Å². The molecule has 1 N–H and O–H groups in total. The molecule has 0 bridgehead atoms. The summed E-state index contributed by atoms with van der Waals surface area (Å²) in [5.74, 6) is 3.43. The summed E-state index contributed by atoms with van der Waals surface area (Å²) in [5, 5.41) is 6.72. The fraction of sp³-hybridized carbons (Fsp3) is 0.400. The van der Waals surface area contributed by atoms with Crippen LogP contribution in [0.2, 0.25) is 0 Å². The van der Waals surface area contributed by atoms with Gasteiger partial charge in [-0.1, -0.05) is 0 Å². The lowest BCUT2D eigenvalue weighted by atomic mass is 10.1. The van der Waals surface area contributed by atoms with Crippen molar-refractivity contribution in [1.82, 2.24) is 19.9 Å². The van der Waals surface area contributed by atoms with Gasteiger partial charge in [0.2, 0.25) is 0 Å². The number of hydrogen-bond donors (Lipinski definition) is 1. The van der Waals surface area contributed by atoms with Gasteiger partial charge in [-0.2, -0.15) is 0 Å². The Hall–Kier alpha value is -2.38. The highest BCUT2D eigenvalue weighted by molar-refractivity contribution is 7.09. The van der Waals surface area contributed by atoms with Crippen LogP contribution in [0.1, 0.15) is 35.4 Å². The topological polar surface area (TPSA) is 61.2 Å². The number of rotatable bonds is 9. The summed E-state index contributed by atoms with van der Waals surface area (Å²) in [4.78, 5) is 9.22. The number of hydrogen-bond acceptors (Lipinski definition) is 6. The van der Waals surface area contributed by atoms with Crippen molar-refractivity contribution in [2.24, 2.45) is 13.0 Å². The Morgan fingerprint density at radius 2 is 2.04 bits per heavy atom. The Bertz CT molecular complexity index is 870. The van der Waals surface area contributed by atoms with Gasteiger partial charge in [0.05, 0.1) is 18.8 Å². The minimum atomic E-state index is 0.297. The summed E-state index contributed by atoms with van der Waals surface area (Å²) in [6.45, 7) is 1.22. The van der Waals surface area contributed by atoms with Crippen molar-refractivity contribution in [1.29, 1.82) is 0 Å². The zero-order valence-electron chi connectivity index (χ0n) is 15.6. The van der Waals surface area contributed by atoms with Crippen LogP contribution in [0.3, 0.4) is 0 Å². The maximum absolute atomic E-state index is 5.81. The molecule has 6 nitrogen and oxygen atoms in total. The van der Waals surface area contributed by atoms with E-state index >= 15 is 0 Å². The van der Waals surface area contributed by atoms with Crippen molar-refractivity contribution < 1.29 is 9.47 Å². The van der Waals surface area contributed by atoms with Crippen molar-refractivity contribution >= 4 is 11.3 Å². The van der Waals surface area contributed by atoms with Gasteiger partial charge in [0, 0.05) is 31.4 Å². The molecule has 0 aliphatic heterocycles. The van der Waals surface area contributed by atoms with E-state index in [0.717, 1.165) is 34.6 Å². The quantitative estimate of drug-likeness (QED) is 0.609. The highest BCUT2D eigenvalue weighted by atomic mass is 32.1. The molecule has 0 radical (unpaired) electrons. The van der Waals surface area contributed by atoms with Crippen molar-refractivity contribution in [2.45, 2.75) is 32.0 Å². The third kappa shape index (κ3) is 4.48. The molecule has 2 heterocycles. The minimum absolute atomic E-state index is 0.297. The average Bonchev–Trinajstić information content (AvgIpc) is 3.28. The Labute approximate surface area is 163 Å². The zero-order chi connectivity index (χ0) is 18.6. The second kappa shape index (κ2) is 8.10. The molecule has 1 aromatic carbocycles. The molecule has 1 fully saturated rings. The van der Waals surface area contributed by atoms with E-state index in [1.807, 2.05) is 36.7 Å². The van der Waals surface area contributed by atoms with Crippen LogP contribution in [0, 0.1) is 5.92 Å². The number of thiazole rings is 1. The van der Waals surface area contributed by atoms with Gasteiger partial charge in [-0.15, -0.1) is 11.3 Å². The smallest absolute Gasteiger partial charge is 0.140 e. The van der Waals surface area contributed by atoms with Gasteiger partial charge in [0.25, 0.3) is 0 Å². The number of benzene rings is 1. The van der Waals surface area contributed by atoms with E-state index in [-0.39, 0.29) is 0 Å². The monoisotopic (exact) mass is 384 g/mol. The third-order valence-corrected chi connectivity index (χ3v) is 5.63. The lowest BCUT2D eigenvalue weighted by Gasteiger charge is -2.17. The second-order valence-electron chi connectivity index (χ2n) is 6.79. The first-order chi connectivity index (χ1) is 13.2. The van der Waals surface area contributed by atoms with Gasteiger partial charge in [-0.05, 0) is 43.0 Å². The van der Waals surface area contributed by atoms with Crippen molar-refractivity contribution in [2.75, 3.05) is 7.11 Å². The van der Waals surface area contributed by atoms with Crippen molar-refractivity contribution in [3.05, 3.63) is 58.6 Å². The summed E-state index contributed by atoms with van der Waals surface area (Å²) in [6.07, 6.45) is 6.40. The van der Waals surface area contributed by atoms with E-state index in [1.165, 1.54) is 12.8 Å². The number of nitrogens with zero attached hydrogens (tertiary/aromatic N) is 3. The molecule has 0 amide bonds. The number of imidazole rings is 1. The summed E-state index contributed by atoms with van der Waals surface area (Å²) in [5.41, 5.74) is 1.05. The minimum Gasteiger partial charge on any atom is -0.497 e. The highest BCUT2D eigenvalue weighted by Gasteiger charge is 2.34. The van der Waals surface area contributed by atoms with Crippen LogP contribution in [0.4, 0.5) is 0 Å². The summed E-state index contributed by atoms with van der Waals surface area (Å²) < 4.78 is 13.1. The van der Waals surface area contributed by atoms with E-state index in [1.54, 1.807) is 18.4 Å². The van der Waals surface area contributed by atoms with E-state index in [0.29, 0.717) is 18.6 Å². The molecule has 142 valence electrons. The molecule has 1 saturated carbocycles. The standard InChI is InChI=1S/C20H24N4O2S/c1-24-10-9-21-20(24)19(14-3-4-14)22-11-15-13-27-18(23-15)12-26-17-7-5-16(25-2)6-8-17/h5-10,13-14,19,22H,3-4,11-12H2,1-2H3. The molecule has 0 saturated heterocycles. The van der Waals surface area contributed by atoms with Gasteiger partial charge in [0.15, 0.2) is 0 Å². The average molecular weight is 385 g/mol. The maximum Gasteiger partial charge on any atom is 0.140 e. The molecule has 1 unspecified atom stereocenters. The number of methoxy groups -OCH3 is 1. The molecule has 3 aromatic rings. The normalized spacial score (nSPS) is 14.9. The lowest BCUT2D eigenvalue weighted by molar-refractivity contribution is 0.304. The first-order valence-corrected chi connectivity index (χ1v) is 10.0. The van der Waals surface area contributed by atoms with E-state index in [2.05, 4.69) is 27.3 Å². The van der Waals surface area contributed by atoms with Crippen LogP contribution >= 0.6 is 11.3 Å². The van der Waals surface area contributed by atoms with Crippen LogP contribution < -0.4 is 14.8 Å². The number of aryl methyl sites for hydroxylation is 1. The number of ether oxygens (including phenoxy) is 2. The van der Waals surface area contributed by atoms with Crippen LogP contribution in [0.15, 0.2) is 42.0 Å². The SMILES string of the molecule is COc1ccc(OCc2nc(CNC(c3nccn3C)C3CC3)cs2)cc1. The second-order valence-corrected chi connectivity index (χ2v) is 7.73. The van der Waals surface area contributed by atoms with Crippen molar-refractivity contribution in [3.8, 4) is 11.5 Å². The maximum atomic E-state index is 5.81. The van der Waals surface area contributed by atoms with Crippen LogP contribution in [-0.2, 0) is 20.2 Å². The Morgan fingerprint density at radius 1 is 1.26 bits per heavy atom. The molecule has 2 aromatic heterocycles. The van der Waals surface area contributed by atoms with Crippen LogP contribution in [-0.4, -0.2) is 21.6 Å². The summed E-state index contributed by atoms with van der Waals surface area (Å²) in [6, 6.07) is 7.89. The molecular weight excluding hydrogens is 360 g/mol. The lowest BCUT2D eigenvalue weighted by Crippen LogP contribution is -2.25. The molecule has 7 heteroatoms. The molecule has 1 atom stereocenters. The number of aromatic nitrogens is 3. The third-order valence-electron chi connectivity index (χ3n) is 4.75. The van der Waals surface area contributed by atoms with Gasteiger partial charge < -0.3 is 19.4 Å². The fourth-order valence-electron chi connectivity index (χ4n) is 3.10. The first-order valence-electron chi connectivity index (χ1n) is 9.13. The van der Waals surface area contributed by atoms with E-state index < -0.39 is 0 Å².